The number of rotatable bonds is 3. The summed E-state index contributed by atoms with van der Waals surface area (Å²) in [5.74, 6) is 0.214. The van der Waals surface area contributed by atoms with Crippen LogP contribution in [0, 0.1) is 0 Å². The van der Waals surface area contributed by atoms with Crippen LogP contribution < -0.4 is 10.2 Å². The molecule has 1 amide bonds. The fourth-order valence-electron chi connectivity index (χ4n) is 2.21. The number of carbonyl (C=O) groups excluding carboxylic acids is 1. The molecule has 0 radical (unpaired) electrons. The Bertz CT molecular complexity index is 528. The highest BCUT2D eigenvalue weighted by Gasteiger charge is 2.37. The van der Waals surface area contributed by atoms with Crippen molar-refractivity contribution >= 4 is 11.7 Å². The number of carbonyl (C=O) groups is 1. The van der Waals surface area contributed by atoms with E-state index in [2.05, 4.69) is 15.5 Å². The van der Waals surface area contributed by atoms with Crippen LogP contribution in [-0.4, -0.2) is 57.9 Å². The molecule has 2 heterocycles. The minimum Gasteiger partial charge on any atom is -0.372 e. The molecule has 0 bridgehead atoms. The van der Waals surface area contributed by atoms with Gasteiger partial charge in [-0.25, -0.2) is 0 Å². The molecular weight excluding hydrogens is 286 g/mol. The van der Waals surface area contributed by atoms with Gasteiger partial charge in [-0.1, -0.05) is 0 Å². The van der Waals surface area contributed by atoms with Crippen LogP contribution in [-0.2, 0) is 4.84 Å². The molecule has 0 saturated carbocycles. The predicted octanol–water partition coefficient (Wildman–Crippen LogP) is 0.353. The zero-order valence-corrected chi connectivity index (χ0v) is 13.6. The van der Waals surface area contributed by atoms with Gasteiger partial charge in [-0.05, 0) is 39.8 Å². The van der Waals surface area contributed by atoms with Crippen molar-refractivity contribution in [3.8, 4) is 0 Å². The molecule has 2 N–H and O–H groups in total. The monoisotopic (exact) mass is 309 g/mol. The summed E-state index contributed by atoms with van der Waals surface area (Å²) in [5, 5.41) is 22.7. The average Bonchev–Trinajstić information content (AvgIpc) is 2.73. The second-order valence-electron chi connectivity index (χ2n) is 6.35. The lowest BCUT2D eigenvalue weighted by Crippen LogP contribution is -2.41. The standard InChI is InChI=1S/C14H23N5O3/c1-9-13(21)18(8-19(9)22-5)11-7-6-10(16-17-11)12(20)15-14(2,3)4/h6-7,9,13,21H,8H2,1-5H3,(H,15,20). The lowest BCUT2D eigenvalue weighted by Gasteiger charge is -2.21. The van der Waals surface area contributed by atoms with E-state index >= 15 is 0 Å². The maximum atomic E-state index is 12.0. The molecule has 22 heavy (non-hydrogen) atoms. The van der Waals surface area contributed by atoms with Crippen molar-refractivity contribution in [1.82, 2.24) is 20.6 Å². The number of hydrogen-bond donors (Lipinski definition) is 2. The first-order chi connectivity index (χ1) is 10.2. The lowest BCUT2D eigenvalue weighted by molar-refractivity contribution is -0.146. The van der Waals surface area contributed by atoms with Crippen LogP contribution in [0.2, 0.25) is 0 Å². The molecule has 0 spiro atoms. The molecule has 8 nitrogen and oxygen atoms in total. The van der Waals surface area contributed by atoms with E-state index in [1.54, 1.807) is 29.2 Å². The minimum atomic E-state index is -0.747. The Labute approximate surface area is 130 Å². The van der Waals surface area contributed by atoms with Gasteiger partial charge in [-0.3, -0.25) is 4.79 Å². The van der Waals surface area contributed by atoms with Gasteiger partial charge in [0.2, 0.25) is 0 Å². The Morgan fingerprint density at radius 2 is 2.09 bits per heavy atom. The minimum absolute atomic E-state index is 0.185. The Morgan fingerprint density at radius 1 is 1.41 bits per heavy atom. The topological polar surface area (TPSA) is 90.8 Å². The number of amides is 1. The summed E-state index contributed by atoms with van der Waals surface area (Å²) in [7, 11) is 1.55. The summed E-state index contributed by atoms with van der Waals surface area (Å²) in [4.78, 5) is 18.8. The Morgan fingerprint density at radius 3 is 2.55 bits per heavy atom. The fraction of sp³-hybridized carbons (Fsp3) is 0.643. The van der Waals surface area contributed by atoms with Gasteiger partial charge in [0.25, 0.3) is 5.91 Å². The largest absolute Gasteiger partial charge is 0.372 e. The number of anilines is 1. The van der Waals surface area contributed by atoms with Gasteiger partial charge in [0.1, 0.15) is 6.23 Å². The zero-order chi connectivity index (χ0) is 16.5. The number of nitrogens with one attached hydrogen (secondary N) is 1. The molecule has 8 heteroatoms. The predicted molar refractivity (Wildman–Crippen MR) is 80.9 cm³/mol. The van der Waals surface area contributed by atoms with Crippen LogP contribution in [0.3, 0.4) is 0 Å². The van der Waals surface area contributed by atoms with Crippen LogP contribution in [0.5, 0.6) is 0 Å². The third kappa shape index (κ3) is 3.52. The number of hydroxylamine groups is 2. The Kier molecular flexibility index (Phi) is 4.64. The zero-order valence-electron chi connectivity index (χ0n) is 13.6. The molecule has 1 aromatic heterocycles. The molecule has 2 rings (SSSR count). The normalized spacial score (nSPS) is 22.9. The Balaban J connectivity index is 2.11. The SMILES string of the molecule is CON1CN(c2ccc(C(=O)NC(C)(C)C)nn2)C(O)C1C. The smallest absolute Gasteiger partial charge is 0.272 e. The molecule has 1 aromatic rings. The van der Waals surface area contributed by atoms with Crippen LogP contribution >= 0.6 is 0 Å². The number of aromatic nitrogens is 2. The van der Waals surface area contributed by atoms with Crippen molar-refractivity contribution < 1.29 is 14.7 Å². The van der Waals surface area contributed by atoms with E-state index < -0.39 is 6.23 Å². The van der Waals surface area contributed by atoms with Gasteiger partial charge < -0.3 is 20.2 Å². The van der Waals surface area contributed by atoms with E-state index in [1.165, 1.54) is 0 Å². The van der Waals surface area contributed by atoms with Gasteiger partial charge in [0, 0.05) is 5.54 Å². The van der Waals surface area contributed by atoms with Crippen molar-refractivity contribution in [2.75, 3.05) is 18.7 Å². The second-order valence-corrected chi connectivity index (χ2v) is 6.35. The fourth-order valence-corrected chi connectivity index (χ4v) is 2.21. The van der Waals surface area contributed by atoms with Gasteiger partial charge in [-0.15, -0.1) is 10.2 Å². The quantitative estimate of drug-likeness (QED) is 0.832. The summed E-state index contributed by atoms with van der Waals surface area (Å²) in [6.45, 7) is 7.92. The summed E-state index contributed by atoms with van der Waals surface area (Å²) < 4.78 is 0. The van der Waals surface area contributed by atoms with Crippen LogP contribution in [0.4, 0.5) is 5.82 Å². The van der Waals surface area contributed by atoms with E-state index in [4.69, 9.17) is 4.84 Å². The Hall–Kier alpha value is -1.77. The highest BCUT2D eigenvalue weighted by atomic mass is 16.7. The lowest BCUT2D eigenvalue weighted by atomic mass is 10.1. The van der Waals surface area contributed by atoms with Gasteiger partial charge >= 0.3 is 0 Å². The summed E-state index contributed by atoms with van der Waals surface area (Å²) in [5.41, 5.74) is -0.0965. The summed E-state index contributed by atoms with van der Waals surface area (Å²) in [6.07, 6.45) is -0.747. The highest BCUT2D eigenvalue weighted by Crippen LogP contribution is 2.23. The van der Waals surface area contributed by atoms with E-state index in [-0.39, 0.29) is 23.2 Å². The first-order valence-corrected chi connectivity index (χ1v) is 7.14. The van der Waals surface area contributed by atoms with Crippen LogP contribution in [0.25, 0.3) is 0 Å². The number of aliphatic hydroxyl groups is 1. The molecule has 2 unspecified atom stereocenters. The van der Waals surface area contributed by atoms with Crippen molar-refractivity contribution in [1.29, 1.82) is 0 Å². The molecule has 0 aliphatic carbocycles. The number of nitrogens with zero attached hydrogens (tertiary/aromatic N) is 4. The molecular formula is C14H23N5O3. The maximum Gasteiger partial charge on any atom is 0.272 e. The molecule has 1 fully saturated rings. The van der Waals surface area contributed by atoms with Gasteiger partial charge in [0.05, 0.1) is 19.8 Å². The highest BCUT2D eigenvalue weighted by molar-refractivity contribution is 5.92. The van der Waals surface area contributed by atoms with E-state index in [0.717, 1.165) is 0 Å². The molecule has 1 saturated heterocycles. The first-order valence-electron chi connectivity index (χ1n) is 7.14. The summed E-state index contributed by atoms with van der Waals surface area (Å²) in [6, 6.07) is 3.08. The van der Waals surface area contributed by atoms with Crippen molar-refractivity contribution in [3.63, 3.8) is 0 Å². The second kappa shape index (κ2) is 6.15. The number of aliphatic hydroxyl groups excluding tert-OH is 1. The van der Waals surface area contributed by atoms with Crippen molar-refractivity contribution in [2.45, 2.75) is 45.5 Å². The maximum absolute atomic E-state index is 12.0. The van der Waals surface area contributed by atoms with Gasteiger partial charge in [-0.2, -0.15) is 5.06 Å². The average molecular weight is 309 g/mol. The van der Waals surface area contributed by atoms with E-state index in [1.807, 2.05) is 27.7 Å². The van der Waals surface area contributed by atoms with E-state index in [0.29, 0.717) is 12.5 Å². The number of hydrogen-bond acceptors (Lipinski definition) is 7. The van der Waals surface area contributed by atoms with E-state index in [9.17, 15) is 9.90 Å². The molecule has 2 atom stereocenters. The molecule has 1 aliphatic heterocycles. The molecule has 0 aromatic carbocycles. The third-order valence-electron chi connectivity index (χ3n) is 3.40. The van der Waals surface area contributed by atoms with Crippen molar-refractivity contribution in [2.24, 2.45) is 0 Å². The van der Waals surface area contributed by atoms with Gasteiger partial charge in [0.15, 0.2) is 11.5 Å². The molecule has 122 valence electrons. The van der Waals surface area contributed by atoms with Crippen molar-refractivity contribution in [3.05, 3.63) is 17.8 Å². The van der Waals surface area contributed by atoms with Crippen LogP contribution in [0.1, 0.15) is 38.2 Å². The summed E-state index contributed by atoms with van der Waals surface area (Å²) >= 11 is 0. The third-order valence-corrected chi connectivity index (χ3v) is 3.40. The molecule has 1 aliphatic rings. The van der Waals surface area contributed by atoms with Crippen LogP contribution in [0.15, 0.2) is 12.1 Å². The first kappa shape index (κ1) is 16.6.